The molecule has 4 N–H and O–H groups in total. The highest BCUT2D eigenvalue weighted by atomic mass is 16.6. The molecule has 1 aromatic heterocycles. The Morgan fingerprint density at radius 3 is 2.37 bits per heavy atom. The van der Waals surface area contributed by atoms with Gasteiger partial charge in [-0.2, -0.15) is 0 Å². The van der Waals surface area contributed by atoms with Crippen LogP contribution >= 0.6 is 0 Å². The van der Waals surface area contributed by atoms with Crippen molar-refractivity contribution in [2.75, 3.05) is 19.5 Å². The number of nitrogens with one attached hydrogen (secondary N) is 3. The van der Waals surface area contributed by atoms with E-state index in [2.05, 4.69) is 20.6 Å². The quantitative estimate of drug-likeness (QED) is 0.223. The number of benzene rings is 2. The van der Waals surface area contributed by atoms with Gasteiger partial charge in [-0.1, -0.05) is 12.1 Å². The number of nitro benzene ring substituents is 1. The number of carbonyl (C=O) groups excluding carboxylic acids is 2. The minimum Gasteiger partial charge on any atom is -0.496 e. The summed E-state index contributed by atoms with van der Waals surface area (Å²) in [5.74, 6) is -2.82. The molecule has 1 unspecified atom stereocenters. The molecule has 198 valence electrons. The van der Waals surface area contributed by atoms with E-state index in [4.69, 9.17) is 9.47 Å². The first-order valence-corrected chi connectivity index (χ1v) is 10.9. The molecule has 0 radical (unpaired) electrons. The van der Waals surface area contributed by atoms with Crippen LogP contribution in [0.1, 0.15) is 31.8 Å². The predicted octanol–water partition coefficient (Wildman–Crippen LogP) is 1.68. The second-order valence-electron chi connectivity index (χ2n) is 7.90. The number of carboxylic acid groups (broad SMARTS) is 1. The van der Waals surface area contributed by atoms with Crippen LogP contribution in [0.25, 0.3) is 0 Å². The van der Waals surface area contributed by atoms with E-state index in [0.29, 0.717) is 5.56 Å². The predicted molar refractivity (Wildman–Crippen MR) is 133 cm³/mol. The summed E-state index contributed by atoms with van der Waals surface area (Å²) in [4.78, 5) is 66.1. The van der Waals surface area contributed by atoms with Crippen LogP contribution in [0.4, 0.5) is 11.5 Å². The Morgan fingerprint density at radius 2 is 1.79 bits per heavy atom. The highest BCUT2D eigenvalue weighted by molar-refractivity contribution is 6.08. The first-order valence-electron chi connectivity index (χ1n) is 10.9. The highest BCUT2D eigenvalue weighted by Gasteiger charge is 2.26. The number of carboxylic acids is 1. The Balaban J connectivity index is 1.91. The van der Waals surface area contributed by atoms with Crippen molar-refractivity contribution in [1.29, 1.82) is 0 Å². The number of nitrogens with zero attached hydrogens (tertiary/aromatic N) is 2. The zero-order chi connectivity index (χ0) is 28.0. The molecule has 0 fully saturated rings. The average Bonchev–Trinajstić information content (AvgIpc) is 2.88. The van der Waals surface area contributed by atoms with Gasteiger partial charge in [0.05, 0.1) is 19.1 Å². The van der Waals surface area contributed by atoms with Crippen LogP contribution < -0.4 is 25.8 Å². The Labute approximate surface area is 214 Å². The lowest BCUT2D eigenvalue weighted by Gasteiger charge is -2.18. The summed E-state index contributed by atoms with van der Waals surface area (Å²) in [6, 6.07) is 6.74. The minimum absolute atomic E-state index is 0.0188. The van der Waals surface area contributed by atoms with Crippen LogP contribution in [0.15, 0.2) is 47.4 Å². The molecule has 0 aliphatic rings. The fourth-order valence-corrected chi connectivity index (χ4v) is 3.56. The molecule has 1 atom stereocenters. The normalized spacial score (nSPS) is 11.2. The van der Waals surface area contributed by atoms with Crippen molar-refractivity contribution < 1.29 is 33.9 Å². The SMILES string of the molecule is COc1cccc(OC)c1C(=O)Nc1[nH]c(=O)ncc1CC(NC(=O)c1cc([N+](=O)[O-])ccc1C)C(=O)O. The van der Waals surface area contributed by atoms with E-state index in [-0.39, 0.29) is 39.7 Å². The molecule has 38 heavy (non-hydrogen) atoms. The van der Waals surface area contributed by atoms with Crippen molar-refractivity contribution in [3.8, 4) is 11.5 Å². The number of nitro groups is 1. The van der Waals surface area contributed by atoms with Gasteiger partial charge in [0, 0.05) is 35.9 Å². The lowest BCUT2D eigenvalue weighted by Crippen LogP contribution is -2.43. The molecule has 14 heteroatoms. The molecule has 2 aromatic carbocycles. The number of anilines is 1. The largest absolute Gasteiger partial charge is 0.496 e. The Morgan fingerprint density at radius 1 is 1.13 bits per heavy atom. The zero-order valence-electron chi connectivity index (χ0n) is 20.4. The molecule has 0 saturated heterocycles. The summed E-state index contributed by atoms with van der Waals surface area (Å²) in [6.07, 6.45) is 0.659. The lowest BCUT2D eigenvalue weighted by molar-refractivity contribution is -0.384. The van der Waals surface area contributed by atoms with Gasteiger partial charge in [-0.3, -0.25) is 24.7 Å². The van der Waals surface area contributed by atoms with Gasteiger partial charge in [-0.25, -0.2) is 14.6 Å². The Bertz CT molecular complexity index is 1450. The Hall–Kier alpha value is -5.27. The van der Waals surface area contributed by atoms with Crippen LogP contribution in [0, 0.1) is 17.0 Å². The average molecular weight is 525 g/mol. The second-order valence-corrected chi connectivity index (χ2v) is 7.90. The third-order valence-electron chi connectivity index (χ3n) is 5.49. The van der Waals surface area contributed by atoms with E-state index in [1.54, 1.807) is 13.0 Å². The van der Waals surface area contributed by atoms with Gasteiger partial charge >= 0.3 is 11.7 Å². The van der Waals surface area contributed by atoms with Gasteiger partial charge in [0.1, 0.15) is 28.9 Å². The number of ether oxygens (including phenoxy) is 2. The number of hydrogen-bond donors (Lipinski definition) is 4. The number of carbonyl (C=O) groups is 3. The number of H-pyrrole nitrogens is 1. The third-order valence-corrected chi connectivity index (χ3v) is 5.49. The van der Waals surface area contributed by atoms with E-state index < -0.39 is 40.9 Å². The van der Waals surface area contributed by atoms with Gasteiger partial charge in [0.25, 0.3) is 17.5 Å². The molecular formula is C24H23N5O9. The molecule has 0 saturated carbocycles. The van der Waals surface area contributed by atoms with Crippen LogP contribution in [0.2, 0.25) is 0 Å². The number of amides is 2. The maximum absolute atomic E-state index is 13.1. The van der Waals surface area contributed by atoms with E-state index in [9.17, 15) is 34.4 Å². The number of aromatic nitrogens is 2. The number of non-ortho nitro benzene ring substituents is 1. The molecule has 1 heterocycles. The zero-order valence-corrected chi connectivity index (χ0v) is 20.4. The summed E-state index contributed by atoms with van der Waals surface area (Å²) in [6.45, 7) is 1.54. The number of aryl methyl sites for hydroxylation is 1. The van der Waals surface area contributed by atoms with Crippen LogP contribution in [0.3, 0.4) is 0 Å². The summed E-state index contributed by atoms with van der Waals surface area (Å²) >= 11 is 0. The smallest absolute Gasteiger partial charge is 0.346 e. The molecule has 2 amide bonds. The molecule has 0 aliphatic carbocycles. The van der Waals surface area contributed by atoms with Gasteiger partial charge in [-0.05, 0) is 24.6 Å². The van der Waals surface area contributed by atoms with Crippen molar-refractivity contribution >= 4 is 29.3 Å². The summed E-state index contributed by atoms with van der Waals surface area (Å²) < 4.78 is 10.4. The Kier molecular flexibility index (Phi) is 8.37. The van der Waals surface area contributed by atoms with E-state index in [1.807, 2.05) is 0 Å². The van der Waals surface area contributed by atoms with Crippen molar-refractivity contribution in [3.63, 3.8) is 0 Å². The molecule has 0 bridgehead atoms. The van der Waals surface area contributed by atoms with E-state index >= 15 is 0 Å². The van der Waals surface area contributed by atoms with Crippen molar-refractivity contribution in [3.05, 3.63) is 85.4 Å². The lowest BCUT2D eigenvalue weighted by atomic mass is 10.0. The molecule has 0 aliphatic heterocycles. The molecule has 0 spiro atoms. The van der Waals surface area contributed by atoms with Crippen LogP contribution in [0.5, 0.6) is 11.5 Å². The maximum atomic E-state index is 13.1. The van der Waals surface area contributed by atoms with Crippen LogP contribution in [-0.4, -0.2) is 58.0 Å². The first-order chi connectivity index (χ1) is 18.0. The van der Waals surface area contributed by atoms with Gasteiger partial charge in [0.2, 0.25) is 0 Å². The number of hydrogen-bond acceptors (Lipinski definition) is 9. The van der Waals surface area contributed by atoms with Gasteiger partial charge in [-0.15, -0.1) is 0 Å². The van der Waals surface area contributed by atoms with Crippen LogP contribution in [-0.2, 0) is 11.2 Å². The van der Waals surface area contributed by atoms with E-state index in [0.717, 1.165) is 12.3 Å². The topological polar surface area (TPSA) is 203 Å². The molecule has 3 aromatic rings. The third kappa shape index (κ3) is 6.10. The van der Waals surface area contributed by atoms with E-state index in [1.165, 1.54) is 38.5 Å². The van der Waals surface area contributed by atoms with Gasteiger partial charge in [0.15, 0.2) is 0 Å². The maximum Gasteiger partial charge on any atom is 0.346 e. The molecule has 14 nitrogen and oxygen atoms in total. The standard InChI is InChI=1S/C24H23N5O9/c1-12-7-8-14(29(35)36)10-15(12)21(30)26-16(23(32)33)9-13-11-25-24(34)28-20(13)27-22(31)19-17(37-2)5-4-6-18(19)38-3/h4-8,10-11,16H,9H2,1-3H3,(H,26,30)(H,32,33)(H2,25,27,28,31,34). The summed E-state index contributed by atoms with van der Waals surface area (Å²) in [7, 11) is 2.71. The number of rotatable bonds is 10. The second kappa shape index (κ2) is 11.6. The fraction of sp³-hybridized carbons (Fsp3) is 0.208. The van der Waals surface area contributed by atoms with Crippen molar-refractivity contribution in [2.45, 2.75) is 19.4 Å². The number of aromatic amines is 1. The minimum atomic E-state index is -1.55. The summed E-state index contributed by atoms with van der Waals surface area (Å²) in [5, 5.41) is 25.7. The fourth-order valence-electron chi connectivity index (χ4n) is 3.56. The van der Waals surface area contributed by atoms with Crippen molar-refractivity contribution in [2.24, 2.45) is 0 Å². The monoisotopic (exact) mass is 525 g/mol. The number of aliphatic carboxylic acids is 1. The molecule has 3 rings (SSSR count). The summed E-state index contributed by atoms with van der Waals surface area (Å²) in [5.41, 5.74) is -0.752. The van der Waals surface area contributed by atoms with Gasteiger partial charge < -0.3 is 25.2 Å². The molecular weight excluding hydrogens is 502 g/mol. The first kappa shape index (κ1) is 27.3. The number of methoxy groups -OCH3 is 2. The van der Waals surface area contributed by atoms with Crippen molar-refractivity contribution in [1.82, 2.24) is 15.3 Å². The highest BCUT2D eigenvalue weighted by Crippen LogP contribution is 2.29.